The van der Waals surface area contributed by atoms with E-state index in [1.54, 1.807) is 17.4 Å². The van der Waals surface area contributed by atoms with E-state index in [9.17, 15) is 4.79 Å². The molecule has 0 fully saturated rings. The van der Waals surface area contributed by atoms with Gasteiger partial charge in [0.25, 0.3) is 0 Å². The average Bonchev–Trinajstić information content (AvgIpc) is 3.29. The average molecular weight is 387 g/mol. The molecule has 1 aromatic carbocycles. The second-order valence-electron chi connectivity index (χ2n) is 5.71. The highest BCUT2D eigenvalue weighted by Crippen LogP contribution is 2.34. The lowest BCUT2D eigenvalue weighted by molar-refractivity contribution is -0.116. The summed E-state index contributed by atoms with van der Waals surface area (Å²) in [5.41, 5.74) is 7.45. The number of nitrogens with zero attached hydrogens (tertiary/aromatic N) is 1. The van der Waals surface area contributed by atoms with Gasteiger partial charge in [-0.05, 0) is 30.0 Å². The van der Waals surface area contributed by atoms with E-state index in [0.29, 0.717) is 48.4 Å². The summed E-state index contributed by atoms with van der Waals surface area (Å²) < 4.78 is 11.0. The lowest BCUT2D eigenvalue weighted by Gasteiger charge is -2.19. The summed E-state index contributed by atoms with van der Waals surface area (Å²) in [6, 6.07) is 9.40. The molecule has 3 aromatic rings. The number of thiazole rings is 1. The van der Waals surface area contributed by atoms with Crippen LogP contribution < -0.4 is 20.5 Å². The lowest BCUT2D eigenvalue weighted by Crippen LogP contribution is -2.16. The molecule has 0 saturated carbocycles. The number of nitrogen functional groups attached to an aromatic ring is 1. The van der Waals surface area contributed by atoms with E-state index in [1.807, 2.05) is 29.6 Å². The maximum absolute atomic E-state index is 12.3. The first-order chi connectivity index (χ1) is 12.7. The molecule has 0 unspecified atom stereocenters. The number of aryl methyl sites for hydroxylation is 1. The van der Waals surface area contributed by atoms with Crippen LogP contribution in [0.2, 0.25) is 0 Å². The molecule has 6 nitrogen and oxygen atoms in total. The first kappa shape index (κ1) is 16.9. The van der Waals surface area contributed by atoms with Gasteiger partial charge in [0.1, 0.15) is 13.2 Å². The minimum atomic E-state index is -0.0641. The van der Waals surface area contributed by atoms with Gasteiger partial charge < -0.3 is 20.5 Å². The summed E-state index contributed by atoms with van der Waals surface area (Å²) in [7, 11) is 0. The fourth-order valence-corrected chi connectivity index (χ4v) is 4.37. The third kappa shape index (κ3) is 3.66. The molecule has 1 aliphatic rings. The van der Waals surface area contributed by atoms with E-state index >= 15 is 0 Å². The molecule has 0 radical (unpaired) electrons. The third-order valence-electron chi connectivity index (χ3n) is 3.87. The number of amides is 1. The molecular weight excluding hydrogens is 370 g/mol. The molecule has 0 bridgehead atoms. The molecule has 2 aromatic heterocycles. The Hall–Kier alpha value is -2.58. The predicted molar refractivity (Wildman–Crippen MR) is 104 cm³/mol. The molecule has 1 aliphatic heterocycles. The summed E-state index contributed by atoms with van der Waals surface area (Å²) in [6.45, 7) is 1.06. The number of aromatic nitrogens is 1. The SMILES string of the molecule is Nc1nc(-c2cccs2)c(CCC(=O)Nc2ccc3c(c2)OCCO3)s1. The number of nitrogens with two attached hydrogens (primary N) is 1. The van der Waals surface area contributed by atoms with Crippen LogP contribution in [0.4, 0.5) is 10.8 Å². The van der Waals surface area contributed by atoms with Crippen molar-refractivity contribution in [2.45, 2.75) is 12.8 Å². The van der Waals surface area contributed by atoms with Crippen molar-refractivity contribution in [2.75, 3.05) is 24.3 Å². The number of carbonyl (C=O) groups excluding carboxylic acids is 1. The highest BCUT2D eigenvalue weighted by atomic mass is 32.1. The Labute approximate surface area is 158 Å². The standard InChI is InChI=1S/C18H17N3O3S2/c19-18-21-17(14-2-1-9-25-14)15(26-18)5-6-16(22)20-11-3-4-12-13(10-11)24-8-7-23-12/h1-4,9-10H,5-8H2,(H2,19,21)(H,20,22). The first-order valence-electron chi connectivity index (χ1n) is 8.17. The molecule has 3 N–H and O–H groups in total. The quantitative estimate of drug-likeness (QED) is 0.695. The number of hydrogen-bond donors (Lipinski definition) is 2. The minimum absolute atomic E-state index is 0.0641. The second-order valence-corrected chi connectivity index (χ2v) is 7.77. The van der Waals surface area contributed by atoms with Crippen molar-refractivity contribution in [3.05, 3.63) is 40.6 Å². The summed E-state index contributed by atoms with van der Waals surface area (Å²) in [4.78, 5) is 18.8. The van der Waals surface area contributed by atoms with Crippen LogP contribution in [0.1, 0.15) is 11.3 Å². The fraction of sp³-hybridized carbons (Fsp3) is 0.222. The number of hydrogen-bond acceptors (Lipinski definition) is 7. The number of benzene rings is 1. The molecule has 26 heavy (non-hydrogen) atoms. The van der Waals surface area contributed by atoms with Gasteiger partial charge in [-0.2, -0.15) is 0 Å². The van der Waals surface area contributed by atoms with Gasteiger partial charge in [-0.1, -0.05) is 6.07 Å². The van der Waals surface area contributed by atoms with Crippen molar-refractivity contribution >= 4 is 39.4 Å². The zero-order chi connectivity index (χ0) is 17.9. The summed E-state index contributed by atoms with van der Waals surface area (Å²) in [5.74, 6) is 1.30. The largest absolute Gasteiger partial charge is 0.486 e. The lowest BCUT2D eigenvalue weighted by atomic mass is 10.2. The molecule has 0 atom stereocenters. The highest BCUT2D eigenvalue weighted by Gasteiger charge is 2.15. The van der Waals surface area contributed by atoms with Crippen LogP contribution in [-0.2, 0) is 11.2 Å². The topological polar surface area (TPSA) is 86.5 Å². The normalized spacial score (nSPS) is 12.8. The fourth-order valence-electron chi connectivity index (χ4n) is 2.72. The molecular formula is C18H17N3O3S2. The Morgan fingerprint density at radius 3 is 2.88 bits per heavy atom. The van der Waals surface area contributed by atoms with Gasteiger partial charge in [-0.3, -0.25) is 4.79 Å². The van der Waals surface area contributed by atoms with E-state index in [4.69, 9.17) is 15.2 Å². The van der Waals surface area contributed by atoms with Crippen LogP contribution in [0.3, 0.4) is 0 Å². The van der Waals surface area contributed by atoms with Crippen molar-refractivity contribution in [2.24, 2.45) is 0 Å². The van der Waals surface area contributed by atoms with Gasteiger partial charge in [-0.15, -0.1) is 22.7 Å². The molecule has 8 heteroatoms. The molecule has 3 heterocycles. The van der Waals surface area contributed by atoms with Gasteiger partial charge in [0.05, 0.1) is 10.6 Å². The highest BCUT2D eigenvalue weighted by molar-refractivity contribution is 7.17. The Kier molecular flexibility index (Phi) is 4.77. The summed E-state index contributed by atoms with van der Waals surface area (Å²) in [5, 5.41) is 5.43. The number of fused-ring (bicyclic) bond motifs is 1. The van der Waals surface area contributed by atoms with Crippen molar-refractivity contribution < 1.29 is 14.3 Å². The molecule has 4 rings (SSSR count). The van der Waals surface area contributed by atoms with E-state index in [1.165, 1.54) is 11.3 Å². The van der Waals surface area contributed by atoms with Gasteiger partial charge in [0.2, 0.25) is 5.91 Å². The molecule has 0 aliphatic carbocycles. The Balaban J connectivity index is 1.40. The van der Waals surface area contributed by atoms with Crippen molar-refractivity contribution in [1.29, 1.82) is 0 Å². The van der Waals surface area contributed by atoms with Crippen LogP contribution in [0.5, 0.6) is 11.5 Å². The van der Waals surface area contributed by atoms with Gasteiger partial charge in [-0.25, -0.2) is 4.98 Å². The number of ether oxygens (including phenoxy) is 2. The number of anilines is 2. The van der Waals surface area contributed by atoms with E-state index in [2.05, 4.69) is 10.3 Å². The van der Waals surface area contributed by atoms with Crippen molar-refractivity contribution in [1.82, 2.24) is 4.98 Å². The number of nitrogens with one attached hydrogen (secondary N) is 1. The van der Waals surface area contributed by atoms with Crippen LogP contribution in [-0.4, -0.2) is 24.1 Å². The number of carbonyl (C=O) groups is 1. The predicted octanol–water partition coefficient (Wildman–Crippen LogP) is 3.80. The molecule has 1 amide bonds. The summed E-state index contributed by atoms with van der Waals surface area (Å²) in [6.07, 6.45) is 0.951. The van der Waals surface area contributed by atoms with E-state index in [-0.39, 0.29) is 5.91 Å². The van der Waals surface area contributed by atoms with Crippen LogP contribution >= 0.6 is 22.7 Å². The van der Waals surface area contributed by atoms with Gasteiger partial charge in [0, 0.05) is 23.1 Å². The van der Waals surface area contributed by atoms with Crippen LogP contribution in [0.15, 0.2) is 35.7 Å². The maximum atomic E-state index is 12.3. The summed E-state index contributed by atoms with van der Waals surface area (Å²) >= 11 is 3.05. The van der Waals surface area contributed by atoms with Crippen LogP contribution in [0.25, 0.3) is 10.6 Å². The Bertz CT molecular complexity index is 922. The van der Waals surface area contributed by atoms with E-state index in [0.717, 1.165) is 15.4 Å². The van der Waals surface area contributed by atoms with Crippen molar-refractivity contribution in [3.8, 4) is 22.1 Å². The smallest absolute Gasteiger partial charge is 0.224 e. The maximum Gasteiger partial charge on any atom is 0.224 e. The Morgan fingerprint density at radius 1 is 1.23 bits per heavy atom. The molecule has 134 valence electrons. The zero-order valence-corrected chi connectivity index (χ0v) is 15.5. The third-order valence-corrected chi connectivity index (χ3v) is 5.69. The number of thiophene rings is 1. The molecule has 0 spiro atoms. The Morgan fingerprint density at radius 2 is 2.08 bits per heavy atom. The zero-order valence-electron chi connectivity index (χ0n) is 13.9. The monoisotopic (exact) mass is 387 g/mol. The first-order valence-corrected chi connectivity index (χ1v) is 9.87. The van der Waals surface area contributed by atoms with Crippen LogP contribution in [0, 0.1) is 0 Å². The van der Waals surface area contributed by atoms with E-state index < -0.39 is 0 Å². The van der Waals surface area contributed by atoms with Gasteiger partial charge >= 0.3 is 0 Å². The van der Waals surface area contributed by atoms with Gasteiger partial charge in [0.15, 0.2) is 16.6 Å². The molecule has 0 saturated heterocycles. The number of rotatable bonds is 5. The van der Waals surface area contributed by atoms with Crippen molar-refractivity contribution in [3.63, 3.8) is 0 Å². The second kappa shape index (κ2) is 7.35. The minimum Gasteiger partial charge on any atom is -0.486 e.